The third-order valence-corrected chi connectivity index (χ3v) is 8.08. The van der Waals surface area contributed by atoms with E-state index in [-0.39, 0.29) is 38.4 Å². The largest absolute Gasteiger partial charge is 0.487 e. The zero-order valence-corrected chi connectivity index (χ0v) is 24.7. The number of pyridine rings is 1. The van der Waals surface area contributed by atoms with Gasteiger partial charge in [0, 0.05) is 42.5 Å². The highest BCUT2D eigenvalue weighted by Gasteiger charge is 2.41. The Balaban J connectivity index is 1.38. The van der Waals surface area contributed by atoms with Crippen LogP contribution in [0.1, 0.15) is 49.0 Å². The van der Waals surface area contributed by atoms with Crippen molar-refractivity contribution in [2.24, 2.45) is 0 Å². The van der Waals surface area contributed by atoms with E-state index in [2.05, 4.69) is 4.98 Å². The van der Waals surface area contributed by atoms with Crippen molar-refractivity contribution in [2.75, 3.05) is 19.5 Å². The molecule has 10 heteroatoms. The molecule has 3 aromatic carbocycles. The minimum atomic E-state index is -2.72. The van der Waals surface area contributed by atoms with Gasteiger partial charge in [0.2, 0.25) is 5.92 Å². The van der Waals surface area contributed by atoms with Gasteiger partial charge in [0.1, 0.15) is 23.9 Å². The summed E-state index contributed by atoms with van der Waals surface area (Å²) in [5.74, 6) is -2.11. The van der Waals surface area contributed by atoms with Gasteiger partial charge >= 0.3 is 5.97 Å². The molecular formula is C34H34F2N4O4. The van der Waals surface area contributed by atoms with E-state index >= 15 is 0 Å². The predicted octanol–water partition coefficient (Wildman–Crippen LogP) is 7.03. The number of ether oxygens (including phenoxy) is 3. The SMILES string of the molecule is CCOC(=O)Cc1cc(COC)ccc1OCc1nn(C2CCC(F)(F)C2)c2ccc(-c3ccc4ccnc(N)c4c3)cc12. The lowest BCUT2D eigenvalue weighted by molar-refractivity contribution is -0.142. The number of hydrogen-bond donors (Lipinski definition) is 1. The number of carbonyl (C=O) groups is 1. The van der Waals surface area contributed by atoms with Crippen LogP contribution >= 0.6 is 0 Å². The molecule has 2 aromatic heterocycles. The number of fused-ring (bicyclic) bond motifs is 2. The molecule has 0 amide bonds. The summed E-state index contributed by atoms with van der Waals surface area (Å²) in [6.45, 7) is 2.50. The molecule has 1 saturated carbocycles. The summed E-state index contributed by atoms with van der Waals surface area (Å²) < 4.78 is 47.0. The molecule has 5 aromatic rings. The molecule has 1 fully saturated rings. The van der Waals surface area contributed by atoms with Crippen molar-refractivity contribution in [3.05, 3.63) is 83.7 Å². The van der Waals surface area contributed by atoms with E-state index in [1.165, 1.54) is 0 Å². The van der Waals surface area contributed by atoms with Crippen LogP contribution in [0.5, 0.6) is 5.75 Å². The zero-order valence-electron chi connectivity index (χ0n) is 24.7. The van der Waals surface area contributed by atoms with E-state index in [1.54, 1.807) is 31.0 Å². The molecule has 2 heterocycles. The van der Waals surface area contributed by atoms with Crippen molar-refractivity contribution in [3.8, 4) is 16.9 Å². The van der Waals surface area contributed by atoms with Gasteiger partial charge in [-0.05, 0) is 71.8 Å². The first kappa shape index (κ1) is 29.5. The van der Waals surface area contributed by atoms with Gasteiger partial charge in [-0.25, -0.2) is 13.8 Å². The van der Waals surface area contributed by atoms with Crippen molar-refractivity contribution in [1.29, 1.82) is 0 Å². The summed E-state index contributed by atoms with van der Waals surface area (Å²) >= 11 is 0. The molecule has 1 aliphatic rings. The summed E-state index contributed by atoms with van der Waals surface area (Å²) in [6, 6.07) is 19.0. The van der Waals surface area contributed by atoms with Crippen LogP contribution in [0.3, 0.4) is 0 Å². The monoisotopic (exact) mass is 600 g/mol. The number of carbonyl (C=O) groups excluding carboxylic acids is 1. The number of anilines is 1. The van der Waals surface area contributed by atoms with Gasteiger partial charge < -0.3 is 19.9 Å². The topological polar surface area (TPSA) is 101 Å². The maximum atomic E-state index is 14.3. The molecule has 228 valence electrons. The first-order valence-corrected chi connectivity index (χ1v) is 14.7. The van der Waals surface area contributed by atoms with Crippen molar-refractivity contribution < 1.29 is 27.8 Å². The van der Waals surface area contributed by atoms with Crippen LogP contribution in [0.15, 0.2) is 66.9 Å². The second-order valence-corrected chi connectivity index (χ2v) is 11.2. The average Bonchev–Trinajstić information content (AvgIpc) is 3.56. The third-order valence-electron chi connectivity index (χ3n) is 8.08. The molecule has 0 saturated heterocycles. The van der Waals surface area contributed by atoms with E-state index in [0.717, 1.165) is 38.4 Å². The van der Waals surface area contributed by atoms with Gasteiger partial charge in [-0.2, -0.15) is 5.10 Å². The van der Waals surface area contributed by atoms with Crippen LogP contribution in [0, 0.1) is 0 Å². The van der Waals surface area contributed by atoms with E-state index in [0.29, 0.717) is 35.9 Å². The van der Waals surface area contributed by atoms with Gasteiger partial charge in [-0.3, -0.25) is 9.48 Å². The normalized spacial score (nSPS) is 16.0. The fourth-order valence-corrected chi connectivity index (χ4v) is 5.96. The Morgan fingerprint density at radius 2 is 1.84 bits per heavy atom. The Hall–Kier alpha value is -4.57. The number of nitrogens with two attached hydrogens (primary N) is 1. The highest BCUT2D eigenvalue weighted by Crippen LogP contribution is 2.43. The number of halogens is 2. The number of esters is 1. The van der Waals surface area contributed by atoms with Gasteiger partial charge in [-0.15, -0.1) is 0 Å². The molecule has 1 atom stereocenters. The average molecular weight is 601 g/mol. The maximum Gasteiger partial charge on any atom is 0.310 e. The summed E-state index contributed by atoms with van der Waals surface area (Å²) in [7, 11) is 1.61. The first-order valence-electron chi connectivity index (χ1n) is 14.7. The maximum absolute atomic E-state index is 14.3. The number of methoxy groups -OCH3 is 1. The minimum absolute atomic E-state index is 0.0389. The van der Waals surface area contributed by atoms with Crippen molar-refractivity contribution in [2.45, 2.75) is 57.8 Å². The molecule has 0 spiro atoms. The van der Waals surface area contributed by atoms with E-state index < -0.39 is 12.0 Å². The Kier molecular flexibility index (Phi) is 8.18. The van der Waals surface area contributed by atoms with Gasteiger partial charge in [0.25, 0.3) is 0 Å². The number of benzene rings is 3. The predicted molar refractivity (Wildman–Crippen MR) is 165 cm³/mol. The Morgan fingerprint density at radius 1 is 1.05 bits per heavy atom. The Labute approximate surface area is 253 Å². The van der Waals surface area contributed by atoms with Crippen LogP contribution < -0.4 is 10.5 Å². The molecule has 44 heavy (non-hydrogen) atoms. The molecule has 0 bridgehead atoms. The number of rotatable bonds is 10. The fourth-order valence-electron chi connectivity index (χ4n) is 5.96. The molecule has 0 aliphatic heterocycles. The van der Waals surface area contributed by atoms with Crippen LogP contribution in [-0.2, 0) is 33.9 Å². The van der Waals surface area contributed by atoms with Crippen molar-refractivity contribution in [1.82, 2.24) is 14.8 Å². The van der Waals surface area contributed by atoms with E-state index in [4.69, 9.17) is 25.0 Å². The molecular weight excluding hydrogens is 566 g/mol. The lowest BCUT2D eigenvalue weighted by Crippen LogP contribution is -2.13. The quantitative estimate of drug-likeness (QED) is 0.172. The smallest absolute Gasteiger partial charge is 0.310 e. The molecule has 0 radical (unpaired) electrons. The molecule has 1 unspecified atom stereocenters. The molecule has 8 nitrogen and oxygen atoms in total. The highest BCUT2D eigenvalue weighted by atomic mass is 19.3. The molecule has 6 rings (SSSR count). The molecule has 1 aliphatic carbocycles. The summed E-state index contributed by atoms with van der Waals surface area (Å²) in [5.41, 5.74) is 11.0. The van der Waals surface area contributed by atoms with Crippen LogP contribution in [-0.4, -0.2) is 40.4 Å². The number of nitrogens with zero attached hydrogens (tertiary/aromatic N) is 3. The third kappa shape index (κ3) is 6.07. The van der Waals surface area contributed by atoms with Gasteiger partial charge in [-0.1, -0.05) is 24.3 Å². The summed E-state index contributed by atoms with van der Waals surface area (Å²) in [5, 5.41) is 7.48. The first-order chi connectivity index (χ1) is 21.2. The van der Waals surface area contributed by atoms with E-state index in [1.807, 2.05) is 54.6 Å². The summed E-state index contributed by atoms with van der Waals surface area (Å²) in [4.78, 5) is 16.6. The van der Waals surface area contributed by atoms with E-state index in [9.17, 15) is 13.6 Å². The number of alkyl halides is 2. The second kappa shape index (κ2) is 12.2. The highest BCUT2D eigenvalue weighted by molar-refractivity contribution is 5.95. The van der Waals surface area contributed by atoms with Crippen molar-refractivity contribution >= 4 is 33.5 Å². The minimum Gasteiger partial charge on any atom is -0.487 e. The number of hydrogen-bond acceptors (Lipinski definition) is 7. The van der Waals surface area contributed by atoms with Crippen molar-refractivity contribution in [3.63, 3.8) is 0 Å². The fraction of sp³-hybridized carbons (Fsp3) is 0.324. The Bertz CT molecular complexity index is 1840. The van der Waals surface area contributed by atoms with Crippen LogP contribution in [0.4, 0.5) is 14.6 Å². The lowest BCUT2D eigenvalue weighted by atomic mass is 10.00. The second-order valence-electron chi connectivity index (χ2n) is 11.2. The zero-order chi connectivity index (χ0) is 30.8. The van der Waals surface area contributed by atoms with Gasteiger partial charge in [0.15, 0.2) is 0 Å². The van der Waals surface area contributed by atoms with Gasteiger partial charge in [0.05, 0.1) is 31.2 Å². The molecule has 2 N–H and O–H groups in total. The summed E-state index contributed by atoms with van der Waals surface area (Å²) in [6.07, 6.45) is 1.64. The Morgan fingerprint density at radius 3 is 2.59 bits per heavy atom. The number of aromatic nitrogens is 3. The number of nitrogen functional groups attached to an aromatic ring is 1. The van der Waals surface area contributed by atoms with Crippen LogP contribution in [0.25, 0.3) is 32.8 Å². The van der Waals surface area contributed by atoms with Crippen LogP contribution in [0.2, 0.25) is 0 Å². The standard InChI is InChI=1S/C34H34F2N4O4/c1-3-43-32(41)17-25-14-21(19-42-2)4-9-31(25)44-20-29-28-16-24(23-6-5-22-11-13-38-33(37)27(22)15-23)7-8-30(28)40(39-29)26-10-12-34(35,36)18-26/h4-9,11,13-16,26H,3,10,12,17-20H2,1-2H3,(H2,37,38). The lowest BCUT2D eigenvalue weighted by Gasteiger charge is -2.13.